The average Bonchev–Trinajstić information content (AvgIpc) is 3.25. The molecular formula is C23H21N5O4S. The van der Waals surface area contributed by atoms with Crippen LogP contribution in [-0.2, 0) is 0 Å². The molecule has 0 aliphatic heterocycles. The van der Waals surface area contributed by atoms with Crippen LogP contribution in [0.1, 0.15) is 26.3 Å². The molecule has 0 fully saturated rings. The van der Waals surface area contributed by atoms with Crippen molar-refractivity contribution in [3.05, 3.63) is 64.8 Å². The lowest BCUT2D eigenvalue weighted by Crippen LogP contribution is -2.15. The molecule has 0 unspecified atom stereocenters. The van der Waals surface area contributed by atoms with E-state index in [4.69, 9.17) is 15.2 Å². The minimum Gasteiger partial charge on any atom is -0.497 e. The van der Waals surface area contributed by atoms with Gasteiger partial charge in [-0.3, -0.25) is 9.59 Å². The highest BCUT2D eigenvalue weighted by molar-refractivity contribution is 7.18. The van der Waals surface area contributed by atoms with Gasteiger partial charge in [-0.25, -0.2) is 9.97 Å². The number of rotatable bonds is 6. The Morgan fingerprint density at radius 1 is 0.970 bits per heavy atom. The van der Waals surface area contributed by atoms with Gasteiger partial charge in [0.15, 0.2) is 0 Å². The van der Waals surface area contributed by atoms with Gasteiger partial charge in [0.2, 0.25) is 0 Å². The Kier molecular flexibility index (Phi) is 6.09. The second kappa shape index (κ2) is 9.13. The van der Waals surface area contributed by atoms with Gasteiger partial charge in [0, 0.05) is 40.5 Å². The van der Waals surface area contributed by atoms with E-state index in [0.29, 0.717) is 50.0 Å². The van der Waals surface area contributed by atoms with E-state index >= 15 is 0 Å². The van der Waals surface area contributed by atoms with E-state index < -0.39 is 0 Å². The third kappa shape index (κ3) is 4.55. The number of nitrogens with one attached hydrogen (secondary N) is 2. The van der Waals surface area contributed by atoms with Crippen molar-refractivity contribution < 1.29 is 19.1 Å². The minimum atomic E-state index is -0.349. The Bertz CT molecular complexity index is 1350. The van der Waals surface area contributed by atoms with Crippen molar-refractivity contribution in [2.24, 2.45) is 0 Å². The number of hydrogen-bond donors (Lipinski definition) is 3. The fraction of sp³-hybridized carbons (Fsp3) is 0.130. The Labute approximate surface area is 193 Å². The Morgan fingerprint density at radius 2 is 1.70 bits per heavy atom. The summed E-state index contributed by atoms with van der Waals surface area (Å²) in [5.41, 5.74) is 8.95. The van der Waals surface area contributed by atoms with Crippen LogP contribution in [-0.4, -0.2) is 36.0 Å². The molecule has 9 nitrogen and oxygen atoms in total. The molecule has 2 amide bonds. The van der Waals surface area contributed by atoms with Crippen molar-refractivity contribution in [1.82, 2.24) is 9.97 Å². The number of ether oxygens (including phenoxy) is 2. The second-order valence-corrected chi connectivity index (χ2v) is 8.00. The summed E-state index contributed by atoms with van der Waals surface area (Å²) in [5.74, 6) is 0.732. The number of nitrogens with two attached hydrogens (primary N) is 1. The van der Waals surface area contributed by atoms with Crippen LogP contribution in [0.4, 0.5) is 17.2 Å². The maximum atomic E-state index is 12.9. The Hall–Kier alpha value is -4.18. The van der Waals surface area contributed by atoms with Gasteiger partial charge >= 0.3 is 0 Å². The number of aromatic nitrogens is 2. The van der Waals surface area contributed by atoms with E-state index in [0.717, 1.165) is 5.56 Å². The summed E-state index contributed by atoms with van der Waals surface area (Å²) in [5, 5.41) is 7.38. The van der Waals surface area contributed by atoms with Crippen molar-refractivity contribution in [2.45, 2.75) is 6.92 Å². The fourth-order valence-corrected chi connectivity index (χ4v) is 4.10. The summed E-state index contributed by atoms with van der Waals surface area (Å²) >= 11 is 1.30. The van der Waals surface area contributed by atoms with Crippen LogP contribution in [0, 0.1) is 6.92 Å². The fourth-order valence-electron chi connectivity index (χ4n) is 3.20. The van der Waals surface area contributed by atoms with Crippen LogP contribution in [0.3, 0.4) is 0 Å². The molecule has 0 saturated carbocycles. The standard InChI is InChI=1S/C23H21N5O4S/c1-12-4-5-13(22(29)27-14-7-15(31-2)9-16(8-14)32-3)6-18(12)28-23(30)17-10-33-20-19(17)25-11-26-21(20)24/h4-11H,1-3H3,(H,27,29)(H,28,30)(H2,24,25,26). The molecule has 0 saturated heterocycles. The van der Waals surface area contributed by atoms with E-state index in [9.17, 15) is 9.59 Å². The quantitative estimate of drug-likeness (QED) is 0.393. The van der Waals surface area contributed by atoms with Crippen LogP contribution in [0.5, 0.6) is 11.5 Å². The number of aryl methyl sites for hydroxylation is 1. The first-order chi connectivity index (χ1) is 15.9. The number of anilines is 3. The highest BCUT2D eigenvalue weighted by Gasteiger charge is 2.17. The summed E-state index contributed by atoms with van der Waals surface area (Å²) in [6.45, 7) is 1.84. The predicted octanol–water partition coefficient (Wildman–Crippen LogP) is 4.10. The van der Waals surface area contributed by atoms with Crippen LogP contribution < -0.4 is 25.8 Å². The zero-order chi connectivity index (χ0) is 23.5. The number of benzene rings is 2. The van der Waals surface area contributed by atoms with E-state index in [1.165, 1.54) is 31.9 Å². The number of fused-ring (bicyclic) bond motifs is 1. The molecule has 10 heteroatoms. The van der Waals surface area contributed by atoms with Gasteiger partial charge in [-0.2, -0.15) is 0 Å². The molecule has 0 spiro atoms. The first-order valence-electron chi connectivity index (χ1n) is 9.83. The van der Waals surface area contributed by atoms with Crippen LogP contribution in [0.2, 0.25) is 0 Å². The molecule has 4 N–H and O–H groups in total. The molecule has 2 aromatic heterocycles. The predicted molar refractivity (Wildman–Crippen MR) is 128 cm³/mol. The number of methoxy groups -OCH3 is 2. The normalized spacial score (nSPS) is 10.6. The number of amides is 2. The Balaban J connectivity index is 1.57. The minimum absolute atomic E-state index is 0.327. The van der Waals surface area contributed by atoms with Crippen LogP contribution in [0.25, 0.3) is 10.2 Å². The molecule has 33 heavy (non-hydrogen) atoms. The van der Waals surface area contributed by atoms with Gasteiger partial charge in [0.25, 0.3) is 11.8 Å². The van der Waals surface area contributed by atoms with Gasteiger partial charge in [-0.15, -0.1) is 11.3 Å². The third-order valence-corrected chi connectivity index (χ3v) is 5.97. The topological polar surface area (TPSA) is 128 Å². The number of carbonyl (C=O) groups excluding carboxylic acids is 2. The maximum absolute atomic E-state index is 12.9. The average molecular weight is 464 g/mol. The largest absolute Gasteiger partial charge is 0.497 e. The summed E-state index contributed by atoms with van der Waals surface area (Å²) in [7, 11) is 3.07. The SMILES string of the molecule is COc1cc(NC(=O)c2ccc(C)c(NC(=O)c3csc4c(N)ncnc34)c2)cc(OC)c1. The first-order valence-corrected chi connectivity index (χ1v) is 10.7. The van der Waals surface area contributed by atoms with Gasteiger partial charge in [-0.05, 0) is 24.6 Å². The van der Waals surface area contributed by atoms with E-state index in [1.807, 2.05) is 6.92 Å². The van der Waals surface area contributed by atoms with Crippen LogP contribution in [0.15, 0.2) is 48.1 Å². The smallest absolute Gasteiger partial charge is 0.258 e. The van der Waals surface area contributed by atoms with E-state index in [2.05, 4.69) is 20.6 Å². The monoisotopic (exact) mass is 463 g/mol. The molecule has 4 aromatic rings. The van der Waals surface area contributed by atoms with Crippen LogP contribution >= 0.6 is 11.3 Å². The zero-order valence-corrected chi connectivity index (χ0v) is 18.9. The molecule has 0 aliphatic carbocycles. The van der Waals surface area contributed by atoms with Gasteiger partial charge in [0.1, 0.15) is 23.6 Å². The molecule has 0 aliphatic rings. The highest BCUT2D eigenvalue weighted by Crippen LogP contribution is 2.29. The lowest BCUT2D eigenvalue weighted by Gasteiger charge is -2.12. The van der Waals surface area contributed by atoms with Gasteiger partial charge in [0.05, 0.1) is 30.0 Å². The van der Waals surface area contributed by atoms with E-state index in [-0.39, 0.29) is 11.8 Å². The van der Waals surface area contributed by atoms with Crippen molar-refractivity contribution in [1.29, 1.82) is 0 Å². The number of hydrogen-bond acceptors (Lipinski definition) is 8. The lowest BCUT2D eigenvalue weighted by molar-refractivity contribution is 0.101. The zero-order valence-electron chi connectivity index (χ0n) is 18.1. The number of nitrogens with zero attached hydrogens (tertiary/aromatic N) is 2. The Morgan fingerprint density at radius 3 is 2.39 bits per heavy atom. The van der Waals surface area contributed by atoms with Crippen molar-refractivity contribution in [3.63, 3.8) is 0 Å². The second-order valence-electron chi connectivity index (χ2n) is 7.13. The lowest BCUT2D eigenvalue weighted by atomic mass is 10.1. The van der Waals surface area contributed by atoms with E-state index in [1.54, 1.807) is 41.8 Å². The van der Waals surface area contributed by atoms with Gasteiger partial charge < -0.3 is 25.8 Å². The summed E-state index contributed by atoms with van der Waals surface area (Å²) < 4.78 is 11.1. The van der Waals surface area contributed by atoms with Gasteiger partial charge in [-0.1, -0.05) is 6.07 Å². The molecular weight excluding hydrogens is 442 g/mol. The number of thiophene rings is 1. The molecule has 0 bridgehead atoms. The molecule has 0 radical (unpaired) electrons. The molecule has 0 atom stereocenters. The van der Waals surface area contributed by atoms with Crippen molar-refractivity contribution in [3.8, 4) is 11.5 Å². The summed E-state index contributed by atoms with van der Waals surface area (Å²) in [6, 6.07) is 10.2. The van der Waals surface area contributed by atoms with Crippen molar-refractivity contribution in [2.75, 3.05) is 30.6 Å². The molecule has 4 rings (SSSR count). The number of carbonyl (C=O) groups is 2. The molecule has 168 valence electrons. The third-order valence-electron chi connectivity index (χ3n) is 4.98. The molecule has 2 heterocycles. The first kappa shape index (κ1) is 22.0. The van der Waals surface area contributed by atoms with Crippen molar-refractivity contribution >= 4 is 50.6 Å². The highest BCUT2D eigenvalue weighted by atomic mass is 32.1. The summed E-state index contributed by atoms with van der Waals surface area (Å²) in [4.78, 5) is 33.9. The maximum Gasteiger partial charge on any atom is 0.258 e. The molecule has 2 aromatic carbocycles. The summed E-state index contributed by atoms with van der Waals surface area (Å²) in [6.07, 6.45) is 1.32. The number of nitrogen functional groups attached to an aromatic ring is 1.